The van der Waals surface area contributed by atoms with Crippen molar-refractivity contribution >= 4 is 5.91 Å². The maximum Gasteiger partial charge on any atom is 0.286 e. The van der Waals surface area contributed by atoms with Crippen LogP contribution in [0.15, 0.2) is 66.4 Å². The molecule has 5 nitrogen and oxygen atoms in total. The zero-order valence-electron chi connectivity index (χ0n) is 16.4. The molecule has 0 saturated heterocycles. The lowest BCUT2D eigenvalue weighted by atomic mass is 9.91. The van der Waals surface area contributed by atoms with Gasteiger partial charge in [-0.05, 0) is 42.0 Å². The molecule has 0 spiro atoms. The number of hydrogen-bond acceptors (Lipinski definition) is 4. The Morgan fingerprint density at radius 2 is 1.79 bits per heavy atom. The molecule has 0 unspecified atom stereocenters. The van der Waals surface area contributed by atoms with Gasteiger partial charge in [-0.1, -0.05) is 54.6 Å². The van der Waals surface area contributed by atoms with Crippen molar-refractivity contribution in [2.24, 2.45) is 0 Å². The van der Waals surface area contributed by atoms with Gasteiger partial charge in [-0.25, -0.2) is 0 Å². The van der Waals surface area contributed by atoms with Crippen molar-refractivity contribution in [2.75, 3.05) is 0 Å². The van der Waals surface area contributed by atoms with Crippen molar-refractivity contribution in [3.63, 3.8) is 0 Å². The smallest absolute Gasteiger partial charge is 0.286 e. The highest BCUT2D eigenvalue weighted by atomic mass is 16.7. The average Bonchev–Trinajstić information content (AvgIpc) is 2.75. The normalized spacial score (nSPS) is 21.6. The second kappa shape index (κ2) is 9.25. The monoisotopic (exact) mass is 393 g/mol. The summed E-state index contributed by atoms with van der Waals surface area (Å²) in [6.45, 7) is 0.408. The predicted octanol–water partition coefficient (Wildman–Crippen LogP) is 3.78. The van der Waals surface area contributed by atoms with Crippen LogP contribution in [0.3, 0.4) is 0 Å². The molecule has 1 heterocycles. The van der Waals surface area contributed by atoms with Crippen molar-refractivity contribution < 1.29 is 19.4 Å². The Morgan fingerprint density at radius 3 is 2.45 bits per heavy atom. The van der Waals surface area contributed by atoms with Crippen molar-refractivity contribution in [1.82, 2.24) is 5.32 Å². The fraction of sp³-hybridized carbons (Fsp3) is 0.375. The van der Waals surface area contributed by atoms with Gasteiger partial charge in [0.2, 0.25) is 6.29 Å². The molecule has 2 aliphatic rings. The summed E-state index contributed by atoms with van der Waals surface area (Å²) in [6, 6.07) is 18.0. The summed E-state index contributed by atoms with van der Waals surface area (Å²) in [7, 11) is 0. The van der Waals surface area contributed by atoms with Gasteiger partial charge in [0, 0.05) is 18.4 Å². The molecule has 1 fully saturated rings. The first kappa shape index (κ1) is 19.7. The number of nitrogens with one attached hydrogen (secondary N) is 1. The summed E-state index contributed by atoms with van der Waals surface area (Å²) in [5.74, 6) is 0.253. The topological polar surface area (TPSA) is 67.8 Å². The van der Waals surface area contributed by atoms with Crippen LogP contribution < -0.4 is 5.32 Å². The maximum atomic E-state index is 12.7. The molecule has 5 heteroatoms. The molecule has 0 bridgehead atoms. The zero-order valence-corrected chi connectivity index (χ0v) is 16.4. The van der Waals surface area contributed by atoms with Gasteiger partial charge in [-0.15, -0.1) is 0 Å². The van der Waals surface area contributed by atoms with Crippen LogP contribution in [-0.2, 0) is 27.5 Å². The molecule has 2 atom stereocenters. The number of carbonyl (C=O) groups is 1. The van der Waals surface area contributed by atoms with Crippen LogP contribution in [0.25, 0.3) is 0 Å². The van der Waals surface area contributed by atoms with E-state index in [0.717, 1.165) is 36.0 Å². The summed E-state index contributed by atoms with van der Waals surface area (Å²) in [4.78, 5) is 12.7. The van der Waals surface area contributed by atoms with Gasteiger partial charge < -0.3 is 19.9 Å². The summed E-state index contributed by atoms with van der Waals surface area (Å²) < 4.78 is 11.9. The second-order valence-corrected chi connectivity index (χ2v) is 7.72. The fourth-order valence-electron chi connectivity index (χ4n) is 3.59. The molecule has 152 valence electrons. The first-order valence-corrected chi connectivity index (χ1v) is 10.3. The van der Waals surface area contributed by atoms with Gasteiger partial charge in [0.15, 0.2) is 5.76 Å². The summed E-state index contributed by atoms with van der Waals surface area (Å²) in [5.41, 5.74) is 3.01. The van der Waals surface area contributed by atoms with Gasteiger partial charge in [0.25, 0.3) is 5.91 Å². The zero-order chi connectivity index (χ0) is 20.1. The minimum atomic E-state index is -0.495. The van der Waals surface area contributed by atoms with Crippen LogP contribution in [0.2, 0.25) is 0 Å². The van der Waals surface area contributed by atoms with Crippen LogP contribution in [0.4, 0.5) is 0 Å². The van der Waals surface area contributed by atoms with E-state index in [1.807, 2.05) is 48.5 Å². The number of carbonyl (C=O) groups excluding carboxylic acids is 1. The molecule has 1 saturated carbocycles. The van der Waals surface area contributed by atoms with E-state index in [2.05, 4.69) is 17.4 Å². The lowest BCUT2D eigenvalue weighted by Gasteiger charge is -2.31. The molecule has 0 radical (unpaired) electrons. The van der Waals surface area contributed by atoms with E-state index in [1.54, 1.807) is 0 Å². The average molecular weight is 393 g/mol. The molecule has 1 amide bonds. The minimum Gasteiger partial charge on any atom is -0.459 e. The first-order valence-electron chi connectivity index (χ1n) is 10.3. The van der Waals surface area contributed by atoms with E-state index in [9.17, 15) is 4.79 Å². The third-order valence-electron chi connectivity index (χ3n) is 5.59. The number of aliphatic hydroxyl groups excluding tert-OH is 1. The van der Waals surface area contributed by atoms with Crippen LogP contribution in [0, 0.1) is 0 Å². The highest BCUT2D eigenvalue weighted by molar-refractivity contribution is 5.92. The molecule has 0 aromatic heterocycles. The molecule has 4 rings (SSSR count). The maximum absolute atomic E-state index is 12.7. The van der Waals surface area contributed by atoms with Crippen LogP contribution in [-0.4, -0.2) is 23.3 Å². The van der Waals surface area contributed by atoms with E-state index < -0.39 is 6.29 Å². The van der Waals surface area contributed by atoms with Crippen molar-refractivity contribution in [3.05, 3.63) is 83.1 Å². The summed E-state index contributed by atoms with van der Waals surface area (Å²) >= 11 is 0. The van der Waals surface area contributed by atoms with Crippen molar-refractivity contribution in [2.45, 2.75) is 57.1 Å². The highest BCUT2D eigenvalue weighted by Gasteiger charge is 2.30. The minimum absolute atomic E-state index is 0.0237. The summed E-state index contributed by atoms with van der Waals surface area (Å²) in [5, 5.41) is 12.2. The van der Waals surface area contributed by atoms with Crippen LogP contribution >= 0.6 is 0 Å². The van der Waals surface area contributed by atoms with E-state index >= 15 is 0 Å². The number of hydrogen-bond donors (Lipinski definition) is 2. The van der Waals surface area contributed by atoms with Gasteiger partial charge in [0.05, 0.1) is 13.2 Å². The number of ether oxygens (including phenoxy) is 2. The third-order valence-corrected chi connectivity index (χ3v) is 5.59. The fourth-order valence-corrected chi connectivity index (χ4v) is 3.59. The molecular weight excluding hydrogens is 366 g/mol. The predicted molar refractivity (Wildman–Crippen MR) is 110 cm³/mol. The highest BCUT2D eigenvalue weighted by Crippen LogP contribution is 2.32. The molecule has 2 aromatic carbocycles. The van der Waals surface area contributed by atoms with Gasteiger partial charge >= 0.3 is 0 Å². The number of rotatable bonds is 7. The second-order valence-electron chi connectivity index (χ2n) is 7.72. The number of benzene rings is 2. The van der Waals surface area contributed by atoms with Crippen molar-refractivity contribution in [1.29, 1.82) is 0 Å². The number of allylic oxidation sites excluding steroid dienone is 1. The quantitative estimate of drug-likeness (QED) is 0.751. The molecule has 2 N–H and O–H groups in total. The molecule has 1 aliphatic carbocycles. The Hall–Kier alpha value is -2.63. The Balaban J connectivity index is 1.45. The number of amides is 1. The standard InChI is InChI=1S/C24H27NO4/c26-15-17-9-11-18(12-10-17)16-28-23-14-20(19-5-2-1-3-6-19)13-22(29-23)24(27)25-21-7-4-8-21/h1-3,5-6,9-13,20-21,23,26H,4,7-8,14-16H2,(H,25,27)/t20-,23+/m0/s1. The summed E-state index contributed by atoms with van der Waals surface area (Å²) in [6.07, 6.45) is 5.30. The molecule has 2 aromatic rings. The Kier molecular flexibility index (Phi) is 6.27. The van der Waals surface area contributed by atoms with Gasteiger partial charge in [0.1, 0.15) is 0 Å². The van der Waals surface area contributed by atoms with E-state index in [1.165, 1.54) is 0 Å². The van der Waals surface area contributed by atoms with E-state index in [-0.39, 0.29) is 24.5 Å². The lowest BCUT2D eigenvalue weighted by Crippen LogP contribution is -2.42. The largest absolute Gasteiger partial charge is 0.459 e. The molecule has 1 aliphatic heterocycles. The van der Waals surface area contributed by atoms with Crippen LogP contribution in [0.1, 0.15) is 48.3 Å². The SMILES string of the molecule is O=C(NC1CCC1)C1=C[C@H](c2ccccc2)C[C@H](OCc2ccc(CO)cc2)O1. The Bertz CT molecular complexity index is 843. The third kappa shape index (κ3) is 5.05. The van der Waals surface area contributed by atoms with Gasteiger partial charge in [-0.2, -0.15) is 0 Å². The first-order chi connectivity index (χ1) is 14.2. The Morgan fingerprint density at radius 1 is 1.07 bits per heavy atom. The van der Waals surface area contributed by atoms with Crippen LogP contribution in [0.5, 0.6) is 0 Å². The van der Waals surface area contributed by atoms with E-state index in [0.29, 0.717) is 18.8 Å². The molecule has 29 heavy (non-hydrogen) atoms. The van der Waals surface area contributed by atoms with Crippen molar-refractivity contribution in [3.8, 4) is 0 Å². The van der Waals surface area contributed by atoms with E-state index in [4.69, 9.17) is 14.6 Å². The Labute approximate surface area is 171 Å². The lowest BCUT2D eigenvalue weighted by molar-refractivity contribution is -0.150. The van der Waals surface area contributed by atoms with Gasteiger partial charge in [-0.3, -0.25) is 4.79 Å². The molecular formula is C24H27NO4. The number of aliphatic hydroxyl groups is 1.